The number of rotatable bonds is 14. The zero-order valence-corrected chi connectivity index (χ0v) is 61.3. The van der Waals surface area contributed by atoms with E-state index in [1.54, 1.807) is 106 Å². The van der Waals surface area contributed by atoms with Crippen LogP contribution in [0.15, 0.2) is 204 Å². The summed E-state index contributed by atoms with van der Waals surface area (Å²) in [6, 6.07) is 44.0. The van der Waals surface area contributed by atoms with E-state index >= 15 is 0 Å². The molecule has 4 aromatic heterocycles. The van der Waals surface area contributed by atoms with E-state index in [1.165, 1.54) is 29.3 Å². The van der Waals surface area contributed by atoms with Gasteiger partial charge < -0.3 is 25.5 Å². The van der Waals surface area contributed by atoms with Crippen LogP contribution < -0.4 is 21.7 Å². The zero-order valence-electron chi connectivity index (χ0n) is 57.4. The van der Waals surface area contributed by atoms with Crippen LogP contribution in [0, 0.1) is 71.9 Å². The quantitative estimate of drug-likeness (QED) is 0.0336. The van der Waals surface area contributed by atoms with Gasteiger partial charge in [-0.15, -0.1) is 0 Å². The van der Waals surface area contributed by atoms with E-state index < -0.39 is 29.9 Å². The van der Waals surface area contributed by atoms with Crippen LogP contribution in [0.4, 0.5) is 37.2 Å². The third-order valence-corrected chi connectivity index (χ3v) is 16.9. The second kappa shape index (κ2) is 36.8. The van der Waals surface area contributed by atoms with Crippen LogP contribution in [0.25, 0.3) is 22.3 Å². The fourth-order valence-electron chi connectivity index (χ4n) is 9.29. The van der Waals surface area contributed by atoms with Crippen molar-refractivity contribution in [1.29, 1.82) is 0 Å². The first-order chi connectivity index (χ1) is 48.3. The van der Waals surface area contributed by atoms with Crippen LogP contribution in [0.5, 0.6) is 5.75 Å². The summed E-state index contributed by atoms with van der Waals surface area (Å²) in [6.45, 7) is 16.3. The number of aromatic nitrogens is 8. The lowest BCUT2D eigenvalue weighted by Gasteiger charge is -2.32. The highest BCUT2D eigenvalue weighted by molar-refractivity contribution is 9.10. The standard InChI is InChI=1S/C19H17N3O2.C19H19N3.C13H17BF2O3.C12H10BrN3O2.C7H8N2O2.C4H2BrClN2/c1-13-3-7-16(8-4-13)17-11-20-19(21-12-17)10-15-6-5-14(2)18(9-15)22(23)24;1-13-3-7-16(8-4-13)17-11-21-19(22-12-17)10-15-6-5-14(2)18(20)9-15;1-12(2)13(3,4)19-14(18-12)9-5-7-10(8-6-9)17-11(15)16;1-8-2-3-9(4-11(8)16(17)18)5-12-14-6-10(13)7-15-12;1-5-2-3-6(8)4-7(5)9(10)11;5-3-1-7-4(6)8-2-3/h3-9,11-12H,10H2,1-2H3;3-9,11-12H,10,20H2,1-2H3;5-8,11H,1-4H3;2-4,6-7H,5H2,1H3;2-4H,8H2,1H3;1-2H. The van der Waals surface area contributed by atoms with Gasteiger partial charge >= 0.3 is 13.7 Å². The van der Waals surface area contributed by atoms with E-state index in [1.807, 2.05) is 90.3 Å². The van der Waals surface area contributed by atoms with Crippen molar-refractivity contribution in [3.05, 3.63) is 307 Å². The highest BCUT2D eigenvalue weighted by Gasteiger charge is 2.51. The molecule has 0 bridgehead atoms. The number of aryl methyl sites for hydroxylation is 6. The van der Waals surface area contributed by atoms with Crippen LogP contribution in [0.2, 0.25) is 5.28 Å². The Bertz CT molecular complexity index is 4580. The largest absolute Gasteiger partial charge is 0.494 e. The van der Waals surface area contributed by atoms with E-state index in [0.717, 1.165) is 70.4 Å². The summed E-state index contributed by atoms with van der Waals surface area (Å²) in [6.07, 6.45) is 15.5. The smallest absolute Gasteiger partial charge is 0.435 e. The first kappa shape index (κ1) is 78.9. The van der Waals surface area contributed by atoms with Crippen molar-refractivity contribution in [2.75, 3.05) is 11.5 Å². The summed E-state index contributed by atoms with van der Waals surface area (Å²) in [5.74, 6) is 2.20. The first-order valence-electron chi connectivity index (χ1n) is 31.4. The van der Waals surface area contributed by atoms with Gasteiger partial charge in [-0.05, 0) is 176 Å². The molecular weight excluding hydrogens is 1460 g/mol. The summed E-state index contributed by atoms with van der Waals surface area (Å²) < 4.78 is 41.8. The molecule has 0 radical (unpaired) electrons. The maximum Gasteiger partial charge on any atom is 0.494 e. The van der Waals surface area contributed by atoms with Crippen molar-refractivity contribution in [2.45, 2.75) is 106 Å². The van der Waals surface area contributed by atoms with Gasteiger partial charge in [-0.2, -0.15) is 8.78 Å². The lowest BCUT2D eigenvalue weighted by Crippen LogP contribution is -2.41. The molecular formula is C74H73BBr2ClF2N13O9. The van der Waals surface area contributed by atoms with Crippen LogP contribution >= 0.6 is 43.5 Å². The molecule has 0 saturated carbocycles. The molecule has 22 nitrogen and oxygen atoms in total. The van der Waals surface area contributed by atoms with Gasteiger partial charge in [0.25, 0.3) is 17.1 Å². The second-order valence-electron chi connectivity index (χ2n) is 24.3. The van der Waals surface area contributed by atoms with Crippen molar-refractivity contribution < 1.29 is 37.6 Å². The molecule has 0 atom stereocenters. The topological polar surface area (TPSA) is 312 Å². The molecule has 0 spiro atoms. The van der Waals surface area contributed by atoms with Crippen molar-refractivity contribution in [3.8, 4) is 28.0 Å². The number of benzene rings is 7. The molecule has 1 saturated heterocycles. The third-order valence-electron chi connectivity index (χ3n) is 15.9. The Labute approximate surface area is 611 Å². The molecule has 0 amide bonds. The first-order valence-corrected chi connectivity index (χ1v) is 33.4. The second-order valence-corrected chi connectivity index (χ2v) is 26.5. The minimum Gasteiger partial charge on any atom is -0.435 e. The maximum absolute atomic E-state index is 12.1. The minimum absolute atomic E-state index is 0.0741. The number of nitrogen functional groups attached to an aromatic ring is 2. The Hall–Kier alpha value is -10.4. The Morgan fingerprint density at radius 1 is 0.471 bits per heavy atom. The molecule has 102 heavy (non-hydrogen) atoms. The van der Waals surface area contributed by atoms with Crippen molar-refractivity contribution >= 4 is 84.5 Å². The predicted octanol–water partition coefficient (Wildman–Crippen LogP) is 17.2. The van der Waals surface area contributed by atoms with Crippen molar-refractivity contribution in [3.63, 3.8) is 0 Å². The molecule has 12 rings (SSSR count). The fraction of sp³-hybridized carbons (Fsp3) is 0.216. The molecule has 5 heterocycles. The van der Waals surface area contributed by atoms with Crippen LogP contribution in [0.3, 0.4) is 0 Å². The molecule has 1 aliphatic heterocycles. The predicted molar refractivity (Wildman–Crippen MR) is 400 cm³/mol. The number of alkyl halides is 2. The third kappa shape index (κ3) is 24.1. The van der Waals surface area contributed by atoms with Gasteiger partial charge in [0.05, 0.1) is 34.9 Å². The average molecular weight is 1530 g/mol. The van der Waals surface area contributed by atoms with Gasteiger partial charge in [-0.3, -0.25) is 30.3 Å². The van der Waals surface area contributed by atoms with Crippen LogP contribution in [-0.4, -0.2) is 79.6 Å². The molecule has 28 heteroatoms. The summed E-state index contributed by atoms with van der Waals surface area (Å²) >= 11 is 11.8. The lowest BCUT2D eigenvalue weighted by molar-refractivity contribution is -0.385. The number of nitrogens with two attached hydrogens (primary N) is 2. The number of hydrogen-bond acceptors (Lipinski definition) is 19. The number of nitrogens with zero attached hydrogens (tertiary/aromatic N) is 11. The van der Waals surface area contributed by atoms with E-state index in [4.69, 9.17) is 32.4 Å². The Balaban J connectivity index is 0.000000176. The van der Waals surface area contributed by atoms with E-state index in [0.29, 0.717) is 53.3 Å². The Morgan fingerprint density at radius 2 is 0.814 bits per heavy atom. The number of nitro benzene ring substituents is 3. The summed E-state index contributed by atoms with van der Waals surface area (Å²) in [4.78, 5) is 64.4. The SMILES string of the molecule is CC1(C)OB(c2ccc(OC(F)F)cc2)OC1(C)C.Cc1ccc(-c2cnc(Cc3ccc(C)c(N)c3)nc2)cc1.Cc1ccc(-c2cnc(Cc3ccc(C)c([N+](=O)[O-])c3)nc2)cc1.Cc1ccc(Cc2ncc(Br)cn2)cc1[N+](=O)[O-].Cc1ccc(N)cc1[N+](=O)[O-].Clc1ncc(Br)cn1. The fourth-order valence-corrected chi connectivity index (χ4v) is 9.80. The minimum atomic E-state index is -2.82. The molecule has 1 aliphatic rings. The summed E-state index contributed by atoms with van der Waals surface area (Å²) in [7, 11) is -0.495. The summed E-state index contributed by atoms with van der Waals surface area (Å²) in [5.41, 5.74) is 25.3. The summed E-state index contributed by atoms with van der Waals surface area (Å²) in [5, 5.41) is 32.5. The van der Waals surface area contributed by atoms with E-state index in [2.05, 4.69) is 126 Å². The van der Waals surface area contributed by atoms with Gasteiger partial charge in [0.1, 0.15) is 23.2 Å². The molecule has 0 unspecified atom stereocenters. The molecule has 4 N–H and O–H groups in total. The number of nitro groups is 3. The molecule has 11 aromatic rings. The molecule has 7 aromatic carbocycles. The molecule has 1 fully saturated rings. The Morgan fingerprint density at radius 3 is 1.17 bits per heavy atom. The van der Waals surface area contributed by atoms with Crippen molar-refractivity contribution in [2.24, 2.45) is 0 Å². The normalized spacial score (nSPS) is 12.3. The molecule has 0 aliphatic carbocycles. The lowest BCUT2D eigenvalue weighted by atomic mass is 9.79. The highest BCUT2D eigenvalue weighted by atomic mass is 79.9. The monoisotopic (exact) mass is 1530 g/mol. The number of ether oxygens (including phenoxy) is 1. The maximum atomic E-state index is 12.1. The van der Waals surface area contributed by atoms with E-state index in [9.17, 15) is 39.1 Å². The van der Waals surface area contributed by atoms with Gasteiger partial charge in [0, 0.05) is 126 Å². The van der Waals surface area contributed by atoms with Gasteiger partial charge in [-0.25, -0.2) is 39.9 Å². The van der Waals surface area contributed by atoms with Crippen LogP contribution in [0.1, 0.15) is 95.2 Å². The molecule has 526 valence electrons. The van der Waals surface area contributed by atoms with Crippen molar-refractivity contribution in [1.82, 2.24) is 39.9 Å². The number of halogens is 5. The number of anilines is 2. The van der Waals surface area contributed by atoms with Gasteiger partial charge in [0.15, 0.2) is 0 Å². The van der Waals surface area contributed by atoms with E-state index in [-0.39, 0.29) is 37.9 Å². The Kier molecular flexibility index (Phi) is 28.4. The van der Waals surface area contributed by atoms with Gasteiger partial charge in [-0.1, -0.05) is 114 Å². The highest BCUT2D eigenvalue weighted by Crippen LogP contribution is 2.37. The van der Waals surface area contributed by atoms with Crippen LogP contribution in [-0.2, 0) is 28.6 Å². The zero-order chi connectivity index (χ0) is 74.4. The average Bonchev–Trinajstić information content (AvgIpc) is 1.62. The number of hydrogen-bond donors (Lipinski definition) is 2. The van der Waals surface area contributed by atoms with Gasteiger partial charge in [0.2, 0.25) is 5.28 Å².